The number of methoxy groups -OCH3 is 1. The number of carboxylic acid groups (broad SMARTS) is 1. The minimum absolute atomic E-state index is 0.0293. The third kappa shape index (κ3) is 4.58. The Hall–Kier alpha value is -1.15. The maximum atomic E-state index is 10.4. The Bertz CT molecular complexity index is 331. The summed E-state index contributed by atoms with van der Waals surface area (Å²) < 4.78 is 6.54. The number of aromatic nitrogens is 4. The smallest absolute Gasteiger partial charge is 0.313 e. The highest BCUT2D eigenvalue weighted by Gasteiger charge is 2.08. The number of thioether (sulfide) groups is 1. The Morgan fingerprint density at radius 3 is 3.06 bits per heavy atom. The van der Waals surface area contributed by atoms with E-state index in [1.165, 1.54) is 0 Å². The van der Waals surface area contributed by atoms with Gasteiger partial charge in [0.05, 0.1) is 5.75 Å². The number of rotatable bonds is 8. The van der Waals surface area contributed by atoms with Gasteiger partial charge in [0.1, 0.15) is 0 Å². The lowest BCUT2D eigenvalue weighted by molar-refractivity contribution is -0.133. The largest absolute Gasteiger partial charge is 0.481 e. The zero-order valence-electron chi connectivity index (χ0n) is 9.00. The Labute approximate surface area is 97.2 Å². The molecule has 7 nitrogen and oxygen atoms in total. The number of nitrogens with zero attached hydrogens (tertiary/aromatic N) is 4. The van der Waals surface area contributed by atoms with Crippen molar-refractivity contribution in [1.29, 1.82) is 0 Å². The third-order valence-electron chi connectivity index (χ3n) is 1.79. The van der Waals surface area contributed by atoms with Gasteiger partial charge in [0.2, 0.25) is 5.16 Å². The van der Waals surface area contributed by atoms with Crippen LogP contribution in [0.25, 0.3) is 0 Å². The van der Waals surface area contributed by atoms with Crippen molar-refractivity contribution >= 4 is 17.7 Å². The van der Waals surface area contributed by atoms with E-state index in [0.717, 1.165) is 24.6 Å². The van der Waals surface area contributed by atoms with E-state index in [-0.39, 0.29) is 5.75 Å². The fraction of sp³-hybridized carbons (Fsp3) is 0.750. The molecule has 1 heterocycles. The number of aliphatic carboxylic acids is 1. The lowest BCUT2D eigenvalue weighted by Gasteiger charge is -2.02. The summed E-state index contributed by atoms with van der Waals surface area (Å²) in [4.78, 5) is 10.4. The van der Waals surface area contributed by atoms with E-state index in [9.17, 15) is 4.79 Å². The Morgan fingerprint density at radius 1 is 1.56 bits per heavy atom. The topological polar surface area (TPSA) is 90.1 Å². The van der Waals surface area contributed by atoms with Crippen LogP contribution in [0, 0.1) is 0 Å². The van der Waals surface area contributed by atoms with Gasteiger partial charge in [0, 0.05) is 20.3 Å². The Balaban J connectivity index is 2.35. The summed E-state index contributed by atoms with van der Waals surface area (Å²) in [5.41, 5.74) is 0. The molecule has 16 heavy (non-hydrogen) atoms. The molecule has 0 amide bonds. The van der Waals surface area contributed by atoms with E-state index in [0.29, 0.717) is 18.3 Å². The van der Waals surface area contributed by atoms with Crippen molar-refractivity contribution in [3.05, 3.63) is 0 Å². The van der Waals surface area contributed by atoms with E-state index in [1.807, 2.05) is 0 Å². The summed E-state index contributed by atoms with van der Waals surface area (Å²) in [5.74, 6) is -0.905. The molecule has 0 aromatic carbocycles. The fourth-order valence-corrected chi connectivity index (χ4v) is 1.70. The first-order chi connectivity index (χ1) is 7.74. The average molecular weight is 246 g/mol. The number of ether oxygens (including phenoxy) is 1. The van der Waals surface area contributed by atoms with E-state index in [4.69, 9.17) is 9.84 Å². The van der Waals surface area contributed by atoms with Gasteiger partial charge in [-0.3, -0.25) is 4.79 Å². The number of tetrazole rings is 1. The molecule has 0 bridgehead atoms. The van der Waals surface area contributed by atoms with Crippen molar-refractivity contribution in [3.8, 4) is 0 Å². The third-order valence-corrected chi connectivity index (χ3v) is 2.73. The zero-order chi connectivity index (χ0) is 11.8. The van der Waals surface area contributed by atoms with Gasteiger partial charge in [-0.15, -0.1) is 5.10 Å². The molecular weight excluding hydrogens is 232 g/mol. The first-order valence-corrected chi connectivity index (χ1v) is 5.82. The lowest BCUT2D eigenvalue weighted by Crippen LogP contribution is -2.05. The van der Waals surface area contributed by atoms with Crippen molar-refractivity contribution in [2.45, 2.75) is 24.5 Å². The summed E-state index contributed by atoms with van der Waals surface area (Å²) in [6.45, 7) is 1.39. The van der Waals surface area contributed by atoms with Crippen LogP contribution in [0.15, 0.2) is 5.16 Å². The molecule has 0 fully saturated rings. The zero-order valence-corrected chi connectivity index (χ0v) is 9.81. The molecule has 0 atom stereocenters. The summed E-state index contributed by atoms with van der Waals surface area (Å²) >= 11 is 1.12. The minimum Gasteiger partial charge on any atom is -0.481 e. The maximum absolute atomic E-state index is 10.4. The summed E-state index contributed by atoms with van der Waals surface area (Å²) in [5, 5.41) is 20.1. The molecule has 0 aliphatic carbocycles. The van der Waals surface area contributed by atoms with Gasteiger partial charge in [-0.05, 0) is 23.3 Å². The molecule has 8 heteroatoms. The van der Waals surface area contributed by atoms with Crippen LogP contribution in [0.3, 0.4) is 0 Å². The molecular formula is C8H14N4O3S. The van der Waals surface area contributed by atoms with Crippen LogP contribution < -0.4 is 0 Å². The molecule has 0 aliphatic rings. The molecule has 0 saturated heterocycles. The molecule has 0 radical (unpaired) electrons. The van der Waals surface area contributed by atoms with Gasteiger partial charge >= 0.3 is 5.97 Å². The molecule has 1 N–H and O–H groups in total. The highest BCUT2D eigenvalue weighted by Crippen LogP contribution is 2.13. The second-order valence-corrected chi connectivity index (χ2v) is 4.01. The molecule has 1 aromatic rings. The van der Waals surface area contributed by atoms with Gasteiger partial charge in [-0.1, -0.05) is 11.8 Å². The second kappa shape index (κ2) is 7.18. The number of hydrogen-bond donors (Lipinski definition) is 1. The van der Waals surface area contributed by atoms with Crippen molar-refractivity contribution in [2.24, 2.45) is 0 Å². The number of carbonyl (C=O) groups is 1. The molecule has 90 valence electrons. The van der Waals surface area contributed by atoms with Gasteiger partial charge in [0.25, 0.3) is 0 Å². The van der Waals surface area contributed by atoms with E-state index in [1.54, 1.807) is 11.8 Å². The standard InChI is InChI=1S/C8H14N4O3S/c1-15-5-3-2-4-12-8(9-10-11-12)16-6-7(13)14/h2-6H2,1H3,(H,13,14). The number of carboxylic acids is 1. The van der Waals surface area contributed by atoms with Crippen molar-refractivity contribution < 1.29 is 14.6 Å². The van der Waals surface area contributed by atoms with Crippen LogP contribution in [-0.4, -0.2) is 50.8 Å². The van der Waals surface area contributed by atoms with Crippen LogP contribution >= 0.6 is 11.8 Å². The van der Waals surface area contributed by atoms with Gasteiger partial charge in [0.15, 0.2) is 0 Å². The molecule has 0 aliphatic heterocycles. The van der Waals surface area contributed by atoms with Crippen molar-refractivity contribution in [3.63, 3.8) is 0 Å². The minimum atomic E-state index is -0.876. The maximum Gasteiger partial charge on any atom is 0.313 e. The average Bonchev–Trinajstić information content (AvgIpc) is 2.69. The number of hydrogen-bond acceptors (Lipinski definition) is 6. The normalized spacial score (nSPS) is 10.6. The van der Waals surface area contributed by atoms with Gasteiger partial charge in [-0.25, -0.2) is 4.68 Å². The number of unbranched alkanes of at least 4 members (excludes halogenated alkanes) is 1. The summed E-state index contributed by atoms with van der Waals surface area (Å²) in [7, 11) is 1.66. The molecule has 0 saturated carbocycles. The lowest BCUT2D eigenvalue weighted by atomic mass is 10.3. The van der Waals surface area contributed by atoms with Crippen molar-refractivity contribution in [1.82, 2.24) is 20.2 Å². The molecule has 0 unspecified atom stereocenters. The van der Waals surface area contributed by atoms with Crippen LogP contribution in [-0.2, 0) is 16.1 Å². The summed E-state index contributed by atoms with van der Waals surface area (Å²) in [6.07, 6.45) is 1.83. The highest BCUT2D eigenvalue weighted by atomic mass is 32.2. The van der Waals surface area contributed by atoms with E-state index in [2.05, 4.69) is 15.5 Å². The van der Waals surface area contributed by atoms with Crippen LogP contribution in [0.4, 0.5) is 0 Å². The SMILES string of the molecule is COCCCCn1nnnc1SCC(=O)O. The Morgan fingerprint density at radius 2 is 2.38 bits per heavy atom. The monoisotopic (exact) mass is 246 g/mol. The van der Waals surface area contributed by atoms with Gasteiger partial charge < -0.3 is 9.84 Å². The number of aryl methyl sites for hydroxylation is 1. The Kier molecular flexibility index (Phi) is 5.79. The first-order valence-electron chi connectivity index (χ1n) is 4.83. The predicted octanol–water partition coefficient (Wildman–Crippen LogP) is 0.276. The first kappa shape index (κ1) is 12.9. The van der Waals surface area contributed by atoms with Crippen molar-refractivity contribution in [2.75, 3.05) is 19.5 Å². The molecule has 0 spiro atoms. The highest BCUT2D eigenvalue weighted by molar-refractivity contribution is 7.99. The van der Waals surface area contributed by atoms with Crippen LogP contribution in [0.5, 0.6) is 0 Å². The van der Waals surface area contributed by atoms with Gasteiger partial charge in [-0.2, -0.15) is 0 Å². The summed E-state index contributed by atoms with van der Waals surface area (Å²) in [6, 6.07) is 0. The van der Waals surface area contributed by atoms with E-state index >= 15 is 0 Å². The van der Waals surface area contributed by atoms with Crippen LogP contribution in [0.2, 0.25) is 0 Å². The second-order valence-electron chi connectivity index (χ2n) is 3.07. The molecule has 1 rings (SSSR count). The quantitative estimate of drug-likeness (QED) is 0.520. The molecule has 1 aromatic heterocycles. The van der Waals surface area contributed by atoms with E-state index < -0.39 is 5.97 Å². The predicted molar refractivity (Wildman–Crippen MR) is 57.3 cm³/mol. The fourth-order valence-electron chi connectivity index (χ4n) is 1.07. The van der Waals surface area contributed by atoms with Crippen LogP contribution in [0.1, 0.15) is 12.8 Å².